The Morgan fingerprint density at radius 2 is 2.00 bits per heavy atom. The third-order valence-electron chi connectivity index (χ3n) is 3.01. The van der Waals surface area contributed by atoms with E-state index in [0.717, 1.165) is 11.3 Å². The smallest absolute Gasteiger partial charge is 0.224 e. The molecule has 0 bridgehead atoms. The molecule has 4 heteroatoms. The van der Waals surface area contributed by atoms with Crippen LogP contribution in [0.3, 0.4) is 0 Å². The van der Waals surface area contributed by atoms with Crippen molar-refractivity contribution in [1.82, 2.24) is 0 Å². The fourth-order valence-corrected chi connectivity index (χ4v) is 1.92. The monoisotopic (exact) mass is 287 g/mol. The van der Waals surface area contributed by atoms with Crippen molar-refractivity contribution in [3.8, 4) is 5.75 Å². The molecular formula is C17H18FNO2. The average molecular weight is 287 g/mol. The molecule has 0 radical (unpaired) electrons. The number of anilines is 1. The van der Waals surface area contributed by atoms with Gasteiger partial charge < -0.3 is 10.1 Å². The van der Waals surface area contributed by atoms with Gasteiger partial charge in [0, 0.05) is 12.1 Å². The maximum atomic E-state index is 13.0. The molecule has 0 heterocycles. The van der Waals surface area contributed by atoms with Crippen LogP contribution in [0.15, 0.2) is 48.5 Å². The van der Waals surface area contributed by atoms with Crippen LogP contribution in [0.4, 0.5) is 10.1 Å². The number of hydrogen-bond acceptors (Lipinski definition) is 2. The van der Waals surface area contributed by atoms with E-state index in [2.05, 4.69) is 5.32 Å². The largest absolute Gasteiger partial charge is 0.493 e. The Hall–Kier alpha value is -2.36. The summed E-state index contributed by atoms with van der Waals surface area (Å²) in [6, 6.07) is 13.6. The number of para-hydroxylation sites is 1. The first kappa shape index (κ1) is 15.0. The van der Waals surface area contributed by atoms with Crippen molar-refractivity contribution in [2.24, 2.45) is 0 Å². The molecule has 0 aliphatic rings. The van der Waals surface area contributed by atoms with Gasteiger partial charge in [0.15, 0.2) is 0 Å². The summed E-state index contributed by atoms with van der Waals surface area (Å²) in [5.41, 5.74) is 1.54. The highest BCUT2D eigenvalue weighted by Gasteiger charge is 2.04. The van der Waals surface area contributed by atoms with Gasteiger partial charge in [-0.25, -0.2) is 4.39 Å². The molecule has 0 saturated heterocycles. The van der Waals surface area contributed by atoms with Gasteiger partial charge in [-0.2, -0.15) is 0 Å². The molecule has 110 valence electrons. The number of amides is 1. The van der Waals surface area contributed by atoms with E-state index in [1.54, 1.807) is 12.1 Å². The van der Waals surface area contributed by atoms with Gasteiger partial charge in [0.1, 0.15) is 11.6 Å². The molecule has 0 fully saturated rings. The number of aryl methyl sites for hydroxylation is 1. The molecule has 0 aliphatic heterocycles. The van der Waals surface area contributed by atoms with Crippen LogP contribution in [0.1, 0.15) is 18.4 Å². The summed E-state index contributed by atoms with van der Waals surface area (Å²) in [6.07, 6.45) is 0.942. The number of benzene rings is 2. The number of ether oxygens (including phenoxy) is 1. The van der Waals surface area contributed by atoms with Gasteiger partial charge in [0.2, 0.25) is 5.91 Å². The quantitative estimate of drug-likeness (QED) is 0.817. The van der Waals surface area contributed by atoms with Crippen LogP contribution in [-0.2, 0) is 4.79 Å². The van der Waals surface area contributed by atoms with Gasteiger partial charge in [-0.3, -0.25) is 4.79 Å². The van der Waals surface area contributed by atoms with Crippen molar-refractivity contribution in [2.45, 2.75) is 19.8 Å². The van der Waals surface area contributed by atoms with E-state index in [1.165, 1.54) is 12.1 Å². The molecule has 1 N–H and O–H groups in total. The zero-order chi connectivity index (χ0) is 15.1. The predicted molar refractivity (Wildman–Crippen MR) is 80.9 cm³/mol. The van der Waals surface area contributed by atoms with E-state index >= 15 is 0 Å². The molecule has 2 aromatic carbocycles. The van der Waals surface area contributed by atoms with Gasteiger partial charge in [-0.1, -0.05) is 24.3 Å². The lowest BCUT2D eigenvalue weighted by Gasteiger charge is -2.09. The molecular weight excluding hydrogens is 269 g/mol. The van der Waals surface area contributed by atoms with E-state index < -0.39 is 0 Å². The first-order chi connectivity index (χ1) is 10.1. The van der Waals surface area contributed by atoms with Crippen LogP contribution >= 0.6 is 0 Å². The number of carbonyl (C=O) groups is 1. The standard InChI is InChI=1S/C17H18FNO2/c1-13-6-2-3-9-16(13)21-11-5-10-17(20)19-15-8-4-7-14(18)12-15/h2-4,6-9,12H,5,10-11H2,1H3,(H,19,20). The third-order valence-corrected chi connectivity index (χ3v) is 3.01. The minimum atomic E-state index is -0.365. The van der Waals surface area contributed by atoms with Crippen LogP contribution in [-0.4, -0.2) is 12.5 Å². The number of carbonyl (C=O) groups excluding carboxylic acids is 1. The first-order valence-corrected chi connectivity index (χ1v) is 6.89. The minimum Gasteiger partial charge on any atom is -0.493 e. The molecule has 0 saturated carbocycles. The maximum Gasteiger partial charge on any atom is 0.224 e. The zero-order valence-corrected chi connectivity index (χ0v) is 11.9. The van der Waals surface area contributed by atoms with E-state index in [0.29, 0.717) is 25.1 Å². The van der Waals surface area contributed by atoms with Crippen LogP contribution in [0.25, 0.3) is 0 Å². The summed E-state index contributed by atoms with van der Waals surface area (Å²) in [5.74, 6) is 0.327. The van der Waals surface area contributed by atoms with Gasteiger partial charge in [0.25, 0.3) is 0 Å². The normalized spacial score (nSPS) is 10.2. The summed E-state index contributed by atoms with van der Waals surface area (Å²) in [4.78, 5) is 11.7. The molecule has 2 aromatic rings. The van der Waals surface area contributed by atoms with Crippen LogP contribution in [0.2, 0.25) is 0 Å². The molecule has 3 nitrogen and oxygen atoms in total. The molecule has 0 spiro atoms. The number of nitrogens with one attached hydrogen (secondary N) is 1. The van der Waals surface area contributed by atoms with Crippen LogP contribution in [0.5, 0.6) is 5.75 Å². The Kier molecular flexibility index (Phi) is 5.32. The Morgan fingerprint density at radius 3 is 2.76 bits per heavy atom. The van der Waals surface area contributed by atoms with Crippen molar-refractivity contribution < 1.29 is 13.9 Å². The van der Waals surface area contributed by atoms with E-state index in [-0.39, 0.29) is 11.7 Å². The highest BCUT2D eigenvalue weighted by Crippen LogP contribution is 2.16. The molecule has 2 rings (SSSR count). The summed E-state index contributed by atoms with van der Waals surface area (Å²) in [7, 11) is 0. The molecule has 0 unspecified atom stereocenters. The summed E-state index contributed by atoms with van der Waals surface area (Å²) < 4.78 is 18.6. The second kappa shape index (κ2) is 7.43. The number of halogens is 1. The molecule has 1 amide bonds. The lowest BCUT2D eigenvalue weighted by atomic mass is 10.2. The third kappa shape index (κ3) is 4.91. The van der Waals surface area contributed by atoms with Crippen LogP contribution in [0, 0.1) is 12.7 Å². The zero-order valence-electron chi connectivity index (χ0n) is 11.9. The minimum absolute atomic E-state index is 0.144. The lowest BCUT2D eigenvalue weighted by Crippen LogP contribution is -2.13. The second-order valence-electron chi connectivity index (χ2n) is 4.78. The first-order valence-electron chi connectivity index (χ1n) is 6.89. The Labute approximate surface area is 123 Å². The van der Waals surface area contributed by atoms with E-state index in [1.807, 2.05) is 31.2 Å². The summed E-state index contributed by atoms with van der Waals surface area (Å²) >= 11 is 0. The molecule has 0 aliphatic carbocycles. The van der Waals surface area contributed by atoms with Crippen molar-refractivity contribution in [2.75, 3.05) is 11.9 Å². The predicted octanol–water partition coefficient (Wildman–Crippen LogP) is 3.93. The van der Waals surface area contributed by atoms with E-state index in [9.17, 15) is 9.18 Å². The highest BCUT2D eigenvalue weighted by atomic mass is 19.1. The van der Waals surface area contributed by atoms with Gasteiger partial charge >= 0.3 is 0 Å². The Balaban J connectivity index is 1.71. The fraction of sp³-hybridized carbons (Fsp3) is 0.235. The number of hydrogen-bond donors (Lipinski definition) is 1. The summed E-state index contributed by atoms with van der Waals surface area (Å²) in [6.45, 7) is 2.45. The van der Waals surface area contributed by atoms with Gasteiger partial charge in [-0.05, 0) is 43.2 Å². The lowest BCUT2D eigenvalue weighted by molar-refractivity contribution is -0.116. The second-order valence-corrected chi connectivity index (χ2v) is 4.78. The maximum absolute atomic E-state index is 13.0. The van der Waals surface area contributed by atoms with Crippen LogP contribution < -0.4 is 10.1 Å². The summed E-state index contributed by atoms with van der Waals surface area (Å²) in [5, 5.41) is 2.66. The van der Waals surface area contributed by atoms with Crippen molar-refractivity contribution in [3.63, 3.8) is 0 Å². The SMILES string of the molecule is Cc1ccccc1OCCCC(=O)Nc1cccc(F)c1. The average Bonchev–Trinajstić information content (AvgIpc) is 2.45. The van der Waals surface area contributed by atoms with Gasteiger partial charge in [0.05, 0.1) is 6.61 Å². The topological polar surface area (TPSA) is 38.3 Å². The fourth-order valence-electron chi connectivity index (χ4n) is 1.92. The molecule has 21 heavy (non-hydrogen) atoms. The Bertz CT molecular complexity index is 613. The number of rotatable bonds is 6. The highest BCUT2D eigenvalue weighted by molar-refractivity contribution is 5.90. The van der Waals surface area contributed by atoms with Crippen molar-refractivity contribution in [1.29, 1.82) is 0 Å². The van der Waals surface area contributed by atoms with E-state index in [4.69, 9.17) is 4.74 Å². The van der Waals surface area contributed by atoms with Crippen molar-refractivity contribution >= 4 is 11.6 Å². The molecule has 0 aromatic heterocycles. The Morgan fingerprint density at radius 1 is 1.19 bits per heavy atom. The molecule has 0 atom stereocenters. The van der Waals surface area contributed by atoms with Gasteiger partial charge in [-0.15, -0.1) is 0 Å². The van der Waals surface area contributed by atoms with Crippen molar-refractivity contribution in [3.05, 3.63) is 59.9 Å².